The van der Waals surface area contributed by atoms with E-state index in [-0.39, 0.29) is 0 Å². The number of hydrogen-bond donors (Lipinski definition) is 2. The van der Waals surface area contributed by atoms with Crippen LogP contribution in [-0.4, -0.2) is 46.0 Å². The smallest absolute Gasteiger partial charge is 0.311 e. The van der Waals surface area contributed by atoms with Crippen LogP contribution >= 0.6 is 11.8 Å². The summed E-state index contributed by atoms with van der Waals surface area (Å²) in [6, 6.07) is 9.54. The first-order valence-corrected chi connectivity index (χ1v) is 8.52. The second-order valence-electron chi connectivity index (χ2n) is 6.74. The van der Waals surface area contributed by atoms with Gasteiger partial charge in [-0.2, -0.15) is 0 Å². The molecule has 2 rings (SSSR count). The van der Waals surface area contributed by atoms with Gasteiger partial charge in [0.25, 0.3) is 0 Å². The fourth-order valence-electron chi connectivity index (χ4n) is 2.16. The fourth-order valence-corrected chi connectivity index (χ4v) is 3.32. The number of aliphatic hydroxyl groups is 2. The zero-order valence-electron chi connectivity index (χ0n) is 13.8. The first-order valence-electron chi connectivity index (χ1n) is 7.64. The number of benzene rings is 1. The second-order valence-corrected chi connectivity index (χ2v) is 7.91. The number of ether oxygens (including phenoxy) is 2. The second kappa shape index (κ2) is 7.21. The van der Waals surface area contributed by atoms with Gasteiger partial charge in [-0.15, -0.1) is 0 Å². The maximum atomic E-state index is 12.2. The van der Waals surface area contributed by atoms with Gasteiger partial charge in [-0.1, -0.05) is 30.0 Å². The molecule has 1 heterocycles. The molecule has 0 spiro atoms. The van der Waals surface area contributed by atoms with Gasteiger partial charge in [-0.05, 0) is 39.8 Å². The highest BCUT2D eigenvalue weighted by Gasteiger charge is 2.46. The molecular weight excluding hydrogens is 316 g/mol. The topological polar surface area (TPSA) is 76.0 Å². The molecule has 1 fully saturated rings. The van der Waals surface area contributed by atoms with Crippen molar-refractivity contribution in [3.63, 3.8) is 0 Å². The molecule has 2 N–H and O–H groups in total. The summed E-state index contributed by atoms with van der Waals surface area (Å²) in [5.41, 5.74) is -1.28. The number of carbonyl (C=O) groups excluding carboxylic acids is 1. The van der Waals surface area contributed by atoms with Crippen LogP contribution in [0, 0.1) is 5.41 Å². The number of carbonyl (C=O) groups is 1. The monoisotopic (exact) mass is 340 g/mol. The molecule has 5 atom stereocenters. The van der Waals surface area contributed by atoms with Gasteiger partial charge in [0.05, 0.1) is 11.5 Å². The quantitative estimate of drug-likeness (QED) is 0.822. The van der Waals surface area contributed by atoms with Gasteiger partial charge in [0, 0.05) is 4.90 Å². The van der Waals surface area contributed by atoms with Crippen molar-refractivity contribution in [2.45, 2.75) is 62.4 Å². The maximum absolute atomic E-state index is 12.2. The molecule has 5 nitrogen and oxygen atoms in total. The highest BCUT2D eigenvalue weighted by atomic mass is 32.2. The number of hydrogen-bond acceptors (Lipinski definition) is 6. The van der Waals surface area contributed by atoms with Crippen molar-refractivity contribution >= 4 is 17.7 Å². The zero-order valence-corrected chi connectivity index (χ0v) is 14.6. The van der Waals surface area contributed by atoms with Gasteiger partial charge in [0.1, 0.15) is 17.6 Å². The predicted octanol–water partition coefficient (Wildman–Crippen LogP) is 2.20. The van der Waals surface area contributed by atoms with E-state index in [9.17, 15) is 15.0 Å². The SMILES string of the molecule is C[C@@H]1O[C@@H](Sc2ccccc2)[C@H](OC(=O)C(C)(C)C)[C@H](O)[C@H]1O. The van der Waals surface area contributed by atoms with Gasteiger partial charge in [-0.25, -0.2) is 0 Å². The lowest BCUT2D eigenvalue weighted by Gasteiger charge is -2.41. The van der Waals surface area contributed by atoms with Crippen LogP contribution < -0.4 is 0 Å². The number of esters is 1. The summed E-state index contributed by atoms with van der Waals surface area (Å²) in [6.07, 6.45) is -3.76. The van der Waals surface area contributed by atoms with E-state index in [1.54, 1.807) is 27.7 Å². The zero-order chi connectivity index (χ0) is 17.2. The Morgan fingerprint density at radius 3 is 2.35 bits per heavy atom. The molecule has 128 valence electrons. The summed E-state index contributed by atoms with van der Waals surface area (Å²) >= 11 is 1.36. The van der Waals surface area contributed by atoms with Crippen molar-refractivity contribution in [3.8, 4) is 0 Å². The highest BCUT2D eigenvalue weighted by Crippen LogP contribution is 2.35. The van der Waals surface area contributed by atoms with Crippen molar-refractivity contribution in [1.29, 1.82) is 0 Å². The summed E-state index contributed by atoms with van der Waals surface area (Å²) in [6.45, 7) is 6.91. The lowest BCUT2D eigenvalue weighted by atomic mass is 9.96. The van der Waals surface area contributed by atoms with Crippen molar-refractivity contribution in [3.05, 3.63) is 30.3 Å². The Kier molecular flexibility index (Phi) is 5.73. The Bertz CT molecular complexity index is 528. The molecule has 0 bridgehead atoms. The number of rotatable bonds is 3. The Hall–Kier alpha value is -1.08. The third-order valence-electron chi connectivity index (χ3n) is 3.64. The van der Waals surface area contributed by atoms with E-state index >= 15 is 0 Å². The molecule has 0 amide bonds. The van der Waals surface area contributed by atoms with Gasteiger partial charge in [-0.3, -0.25) is 4.79 Å². The van der Waals surface area contributed by atoms with E-state index in [1.807, 2.05) is 30.3 Å². The minimum atomic E-state index is -1.19. The standard InChI is InChI=1S/C17H24O5S/c1-10-12(18)13(19)14(22-16(20)17(2,3)4)15(21-10)23-11-8-6-5-7-9-11/h5-10,12-15,18-19H,1-4H3/t10-,12-,13+,14+,15-/m0/s1. The molecule has 1 aromatic carbocycles. The molecule has 6 heteroatoms. The van der Waals surface area contributed by atoms with E-state index in [0.717, 1.165) is 4.90 Å². The summed E-state index contributed by atoms with van der Waals surface area (Å²) in [4.78, 5) is 13.1. The minimum Gasteiger partial charge on any atom is -0.455 e. The van der Waals surface area contributed by atoms with Gasteiger partial charge in [0.2, 0.25) is 0 Å². The average Bonchev–Trinajstić information content (AvgIpc) is 2.49. The van der Waals surface area contributed by atoms with Crippen LogP contribution in [0.25, 0.3) is 0 Å². The van der Waals surface area contributed by atoms with Gasteiger partial charge >= 0.3 is 5.97 Å². The molecule has 0 unspecified atom stereocenters. The van der Waals surface area contributed by atoms with Gasteiger partial charge in [0.15, 0.2) is 6.10 Å². The van der Waals surface area contributed by atoms with Gasteiger partial charge < -0.3 is 19.7 Å². The summed E-state index contributed by atoms with van der Waals surface area (Å²) in [5.74, 6) is -0.439. The summed E-state index contributed by atoms with van der Waals surface area (Å²) < 4.78 is 11.3. The van der Waals surface area contributed by atoms with E-state index in [1.165, 1.54) is 11.8 Å². The highest BCUT2D eigenvalue weighted by molar-refractivity contribution is 7.99. The maximum Gasteiger partial charge on any atom is 0.311 e. The summed E-state index contributed by atoms with van der Waals surface area (Å²) in [7, 11) is 0. The minimum absolute atomic E-state index is 0.439. The van der Waals surface area contributed by atoms with Crippen LogP contribution in [0.2, 0.25) is 0 Å². The Balaban J connectivity index is 2.19. The predicted molar refractivity (Wildman–Crippen MR) is 88.0 cm³/mol. The normalized spacial score (nSPS) is 31.7. The lowest BCUT2D eigenvalue weighted by Crippen LogP contribution is -2.57. The molecule has 1 aliphatic heterocycles. The number of thioether (sulfide) groups is 1. The molecule has 0 radical (unpaired) electrons. The number of aliphatic hydroxyl groups excluding tert-OH is 2. The van der Waals surface area contributed by atoms with Crippen molar-refractivity contribution in [2.75, 3.05) is 0 Å². The van der Waals surface area contributed by atoms with Crippen molar-refractivity contribution in [1.82, 2.24) is 0 Å². The van der Waals surface area contributed by atoms with E-state index in [2.05, 4.69) is 0 Å². The lowest BCUT2D eigenvalue weighted by molar-refractivity contribution is -0.214. The fraction of sp³-hybridized carbons (Fsp3) is 0.588. The van der Waals surface area contributed by atoms with Crippen molar-refractivity contribution < 1.29 is 24.5 Å². The first-order chi connectivity index (χ1) is 10.7. The Morgan fingerprint density at radius 2 is 1.78 bits per heavy atom. The van der Waals surface area contributed by atoms with E-state index in [4.69, 9.17) is 9.47 Å². The molecule has 1 aliphatic rings. The van der Waals surface area contributed by atoms with Crippen LogP contribution in [-0.2, 0) is 14.3 Å². The Morgan fingerprint density at radius 1 is 1.17 bits per heavy atom. The Labute approximate surface area is 141 Å². The first kappa shape index (κ1) is 18.3. The van der Waals surface area contributed by atoms with Crippen LogP contribution in [0.5, 0.6) is 0 Å². The molecule has 0 aromatic heterocycles. The molecule has 23 heavy (non-hydrogen) atoms. The third kappa shape index (κ3) is 4.47. The molecule has 0 saturated carbocycles. The molecular formula is C17H24O5S. The third-order valence-corrected chi connectivity index (χ3v) is 4.79. The molecule has 1 saturated heterocycles. The van der Waals surface area contributed by atoms with Crippen molar-refractivity contribution in [2.24, 2.45) is 5.41 Å². The molecule has 0 aliphatic carbocycles. The summed E-state index contributed by atoms with van der Waals surface area (Å²) in [5, 5.41) is 20.4. The average molecular weight is 340 g/mol. The van der Waals surface area contributed by atoms with E-state index in [0.29, 0.717) is 0 Å². The van der Waals surface area contributed by atoms with Crippen LogP contribution in [0.1, 0.15) is 27.7 Å². The van der Waals surface area contributed by atoms with Crippen LogP contribution in [0.4, 0.5) is 0 Å². The molecule has 1 aromatic rings. The van der Waals surface area contributed by atoms with Crippen LogP contribution in [0.3, 0.4) is 0 Å². The van der Waals surface area contributed by atoms with Crippen LogP contribution in [0.15, 0.2) is 35.2 Å². The largest absolute Gasteiger partial charge is 0.455 e. The van der Waals surface area contributed by atoms with E-state index < -0.39 is 41.2 Å².